The van der Waals surface area contributed by atoms with Crippen LogP contribution in [0.15, 0.2) is 48.5 Å². The smallest absolute Gasteiger partial charge is 0.185 e. The first-order valence-corrected chi connectivity index (χ1v) is 9.08. The maximum Gasteiger partial charge on any atom is 0.185 e. The molecule has 2 heterocycles. The molecule has 2 aliphatic heterocycles. The van der Waals surface area contributed by atoms with Gasteiger partial charge < -0.3 is 29.2 Å². The van der Waals surface area contributed by atoms with Crippen molar-refractivity contribution < 1.29 is 29.2 Å². The Kier molecular flexibility index (Phi) is 5.27. The van der Waals surface area contributed by atoms with Crippen molar-refractivity contribution in [2.45, 2.75) is 51.0 Å². The van der Waals surface area contributed by atoms with Crippen LogP contribution in [0.5, 0.6) is 0 Å². The van der Waals surface area contributed by atoms with Gasteiger partial charge in [-0.25, -0.2) is 0 Å². The van der Waals surface area contributed by atoms with Crippen LogP contribution in [0.2, 0.25) is 0 Å². The van der Waals surface area contributed by atoms with Gasteiger partial charge in [0.25, 0.3) is 0 Å². The highest BCUT2D eigenvalue weighted by molar-refractivity contribution is 5.24. The summed E-state index contributed by atoms with van der Waals surface area (Å²) >= 11 is 0. The van der Waals surface area contributed by atoms with Crippen LogP contribution in [0.3, 0.4) is 0 Å². The molecule has 2 N–H and O–H groups in total. The average molecular weight is 372 g/mol. The topological polar surface area (TPSA) is 77.4 Å². The minimum absolute atomic E-state index is 0.276. The third kappa shape index (κ3) is 3.91. The molecule has 0 spiro atoms. The number of aliphatic hydroxyl groups excluding tert-OH is 1. The fourth-order valence-electron chi connectivity index (χ4n) is 3.38. The first-order chi connectivity index (χ1) is 13.0. The summed E-state index contributed by atoms with van der Waals surface area (Å²) < 4.78 is 23.7. The van der Waals surface area contributed by atoms with Gasteiger partial charge in [0, 0.05) is 11.1 Å². The van der Waals surface area contributed by atoms with Crippen LogP contribution in [0.1, 0.15) is 34.8 Å². The standard InChI is InChI=1S/C21H24O6/c1-12-3-7-14(8-4-12)20-24-11-16-17(26-20)18(19(22)23)27-21(25-16)15-9-5-13(2)6-10-15/h3-10,16-23H,11H2,1-2H3. The van der Waals surface area contributed by atoms with Gasteiger partial charge in [0.15, 0.2) is 18.9 Å². The van der Waals surface area contributed by atoms with E-state index in [4.69, 9.17) is 18.9 Å². The Labute approximate surface area is 158 Å². The molecule has 2 aliphatic rings. The molecule has 2 aromatic rings. The molecule has 0 aliphatic carbocycles. The van der Waals surface area contributed by atoms with Crippen molar-refractivity contribution in [1.82, 2.24) is 0 Å². The van der Waals surface area contributed by atoms with Gasteiger partial charge in [-0.2, -0.15) is 0 Å². The molecular formula is C21H24O6. The van der Waals surface area contributed by atoms with Gasteiger partial charge in [-0.05, 0) is 13.8 Å². The molecule has 0 radical (unpaired) electrons. The van der Waals surface area contributed by atoms with Crippen molar-refractivity contribution in [3.63, 3.8) is 0 Å². The number of fused-ring (bicyclic) bond motifs is 1. The predicted octanol–water partition coefficient (Wildman–Crippen LogP) is 2.51. The minimum Gasteiger partial charge on any atom is -0.366 e. The van der Waals surface area contributed by atoms with Gasteiger partial charge in [-0.3, -0.25) is 0 Å². The maximum absolute atomic E-state index is 9.87. The number of ether oxygens (including phenoxy) is 4. The first-order valence-electron chi connectivity index (χ1n) is 9.08. The van der Waals surface area contributed by atoms with E-state index in [0.29, 0.717) is 0 Å². The second-order valence-corrected chi connectivity index (χ2v) is 7.11. The normalized spacial score (nSPS) is 30.9. The molecule has 27 heavy (non-hydrogen) atoms. The number of benzene rings is 2. The molecule has 144 valence electrons. The fraction of sp³-hybridized carbons (Fsp3) is 0.429. The van der Waals surface area contributed by atoms with Crippen LogP contribution in [0.4, 0.5) is 0 Å². The molecule has 5 atom stereocenters. The second-order valence-electron chi connectivity index (χ2n) is 7.11. The summed E-state index contributed by atoms with van der Waals surface area (Å²) in [7, 11) is 0. The number of aliphatic hydroxyl groups is 2. The number of hydrogen-bond donors (Lipinski definition) is 2. The van der Waals surface area contributed by atoms with E-state index in [2.05, 4.69) is 0 Å². The highest BCUT2D eigenvalue weighted by Crippen LogP contribution is 2.38. The average Bonchev–Trinajstić information content (AvgIpc) is 2.68. The van der Waals surface area contributed by atoms with Crippen LogP contribution in [-0.4, -0.2) is 41.4 Å². The van der Waals surface area contributed by atoms with E-state index < -0.39 is 37.2 Å². The van der Waals surface area contributed by atoms with Crippen molar-refractivity contribution in [3.8, 4) is 0 Å². The monoisotopic (exact) mass is 372 g/mol. The van der Waals surface area contributed by atoms with Crippen molar-refractivity contribution >= 4 is 0 Å². The fourth-order valence-corrected chi connectivity index (χ4v) is 3.38. The summed E-state index contributed by atoms with van der Waals surface area (Å²) in [6, 6.07) is 15.6. The Morgan fingerprint density at radius 2 is 1.33 bits per heavy atom. The zero-order valence-electron chi connectivity index (χ0n) is 15.3. The molecule has 2 saturated heterocycles. The van der Waals surface area contributed by atoms with E-state index in [1.54, 1.807) is 0 Å². The van der Waals surface area contributed by atoms with E-state index in [9.17, 15) is 10.2 Å². The molecule has 0 amide bonds. The molecule has 6 heteroatoms. The second kappa shape index (κ2) is 7.67. The molecule has 0 bridgehead atoms. The van der Waals surface area contributed by atoms with Gasteiger partial charge in [-0.15, -0.1) is 0 Å². The molecule has 4 rings (SSSR count). The zero-order valence-corrected chi connectivity index (χ0v) is 15.3. The van der Waals surface area contributed by atoms with Crippen molar-refractivity contribution in [3.05, 3.63) is 70.8 Å². The molecule has 2 fully saturated rings. The summed E-state index contributed by atoms with van der Waals surface area (Å²) in [6.45, 7) is 4.28. The van der Waals surface area contributed by atoms with Crippen LogP contribution in [0.25, 0.3) is 0 Å². The zero-order chi connectivity index (χ0) is 19.0. The lowest BCUT2D eigenvalue weighted by Gasteiger charge is -2.46. The summed E-state index contributed by atoms with van der Waals surface area (Å²) in [5.74, 6) is 0. The van der Waals surface area contributed by atoms with Gasteiger partial charge in [0.05, 0.1) is 6.61 Å². The number of hydrogen-bond acceptors (Lipinski definition) is 6. The highest BCUT2D eigenvalue weighted by Gasteiger charge is 2.48. The molecule has 6 nitrogen and oxygen atoms in total. The molecule has 5 unspecified atom stereocenters. The van der Waals surface area contributed by atoms with Crippen LogP contribution in [-0.2, 0) is 18.9 Å². The Bertz CT molecular complexity index is 757. The van der Waals surface area contributed by atoms with E-state index in [-0.39, 0.29) is 6.61 Å². The summed E-state index contributed by atoms with van der Waals surface area (Å²) in [5, 5.41) is 19.7. The lowest BCUT2D eigenvalue weighted by atomic mass is 10.0. The Hall–Kier alpha value is -1.80. The SMILES string of the molecule is Cc1ccc(C2OC3COC(c4ccc(C)cc4)OC3C(C(O)O)O2)cc1. The summed E-state index contributed by atoms with van der Waals surface area (Å²) in [6.07, 6.45) is -5.04. The third-order valence-corrected chi connectivity index (χ3v) is 4.95. The Morgan fingerprint density at radius 1 is 0.778 bits per heavy atom. The van der Waals surface area contributed by atoms with E-state index in [0.717, 1.165) is 22.3 Å². The van der Waals surface area contributed by atoms with Crippen molar-refractivity contribution in [2.24, 2.45) is 0 Å². The van der Waals surface area contributed by atoms with E-state index in [1.807, 2.05) is 62.4 Å². The molecule has 0 aromatic heterocycles. The minimum atomic E-state index is -1.69. The maximum atomic E-state index is 9.87. The van der Waals surface area contributed by atoms with Gasteiger partial charge in [0.1, 0.15) is 18.3 Å². The first kappa shape index (κ1) is 18.6. The Morgan fingerprint density at radius 3 is 1.89 bits per heavy atom. The lowest BCUT2D eigenvalue weighted by Crippen LogP contribution is -2.57. The summed E-state index contributed by atoms with van der Waals surface area (Å²) in [4.78, 5) is 0. The predicted molar refractivity (Wildman–Crippen MR) is 96.6 cm³/mol. The van der Waals surface area contributed by atoms with Gasteiger partial charge in [-0.1, -0.05) is 59.7 Å². The number of aryl methyl sites for hydroxylation is 2. The molecule has 2 aromatic carbocycles. The summed E-state index contributed by atoms with van der Waals surface area (Å²) in [5.41, 5.74) is 3.94. The van der Waals surface area contributed by atoms with E-state index in [1.165, 1.54) is 0 Å². The van der Waals surface area contributed by atoms with Crippen molar-refractivity contribution in [2.75, 3.05) is 6.61 Å². The largest absolute Gasteiger partial charge is 0.366 e. The molecular weight excluding hydrogens is 348 g/mol. The van der Waals surface area contributed by atoms with Crippen LogP contribution < -0.4 is 0 Å². The van der Waals surface area contributed by atoms with Crippen LogP contribution in [0, 0.1) is 13.8 Å². The Balaban J connectivity index is 1.53. The third-order valence-electron chi connectivity index (χ3n) is 4.95. The lowest BCUT2D eigenvalue weighted by molar-refractivity contribution is -0.384. The highest BCUT2D eigenvalue weighted by atomic mass is 16.8. The van der Waals surface area contributed by atoms with Crippen LogP contribution >= 0.6 is 0 Å². The van der Waals surface area contributed by atoms with E-state index >= 15 is 0 Å². The quantitative estimate of drug-likeness (QED) is 0.807. The molecule has 0 saturated carbocycles. The number of rotatable bonds is 3. The van der Waals surface area contributed by atoms with Gasteiger partial charge in [0.2, 0.25) is 0 Å². The van der Waals surface area contributed by atoms with Gasteiger partial charge >= 0.3 is 0 Å². The van der Waals surface area contributed by atoms with Crippen molar-refractivity contribution in [1.29, 1.82) is 0 Å².